The molecule has 1 aromatic rings. The summed E-state index contributed by atoms with van der Waals surface area (Å²) in [6.07, 6.45) is 2.78. The van der Waals surface area contributed by atoms with Gasteiger partial charge in [0.2, 0.25) is 5.91 Å². The number of aromatic nitrogens is 3. The Hall–Kier alpha value is -1.92. The van der Waals surface area contributed by atoms with E-state index in [0.717, 1.165) is 0 Å². The Balaban J connectivity index is 2.15. The van der Waals surface area contributed by atoms with E-state index >= 15 is 0 Å². The first-order valence-corrected chi connectivity index (χ1v) is 5.30. The Kier molecular flexibility index (Phi) is 5.12. The lowest BCUT2D eigenvalue weighted by Gasteiger charge is -2.02. The highest BCUT2D eigenvalue weighted by Gasteiger charge is 2.05. The number of nitrogens with zero attached hydrogens (tertiary/aromatic N) is 3. The predicted molar refractivity (Wildman–Crippen MR) is 58.7 cm³/mol. The summed E-state index contributed by atoms with van der Waals surface area (Å²) in [6.45, 7) is 0.352. The molecular formula is C10H16N4O3. The summed E-state index contributed by atoms with van der Waals surface area (Å²) in [5.74, 6) is -0.411. The van der Waals surface area contributed by atoms with E-state index in [9.17, 15) is 9.59 Å². The monoisotopic (exact) mass is 240 g/mol. The van der Waals surface area contributed by atoms with Gasteiger partial charge in [-0.05, 0) is 6.42 Å². The van der Waals surface area contributed by atoms with Crippen LogP contribution in [0.4, 0.5) is 0 Å². The Labute approximate surface area is 99.1 Å². The number of esters is 1. The van der Waals surface area contributed by atoms with E-state index in [1.54, 1.807) is 17.9 Å². The van der Waals surface area contributed by atoms with Crippen molar-refractivity contribution in [1.82, 2.24) is 20.3 Å². The minimum absolute atomic E-state index is 0.112. The third kappa shape index (κ3) is 5.10. The lowest BCUT2D eigenvalue weighted by molar-refractivity contribution is -0.140. The Morgan fingerprint density at radius 2 is 2.24 bits per heavy atom. The van der Waals surface area contributed by atoms with Gasteiger partial charge in [0.1, 0.15) is 5.69 Å². The molecule has 0 fully saturated rings. The van der Waals surface area contributed by atoms with Gasteiger partial charge in [0.15, 0.2) is 0 Å². The quantitative estimate of drug-likeness (QED) is 0.694. The number of aryl methyl sites for hydroxylation is 1. The summed E-state index contributed by atoms with van der Waals surface area (Å²) in [7, 11) is 3.09. The predicted octanol–water partition coefficient (Wildman–Crippen LogP) is -0.225. The maximum Gasteiger partial charge on any atom is 0.305 e. The average molecular weight is 240 g/mol. The summed E-state index contributed by atoms with van der Waals surface area (Å²) in [4.78, 5) is 22.2. The summed E-state index contributed by atoms with van der Waals surface area (Å²) in [5.41, 5.74) is 0.703. The molecule has 0 aliphatic heterocycles. The fourth-order valence-corrected chi connectivity index (χ4v) is 1.25. The second kappa shape index (κ2) is 6.62. The molecule has 0 saturated carbocycles. The lowest BCUT2D eigenvalue weighted by atomic mass is 10.2. The van der Waals surface area contributed by atoms with Crippen LogP contribution < -0.4 is 5.32 Å². The van der Waals surface area contributed by atoms with Crippen LogP contribution in [0.5, 0.6) is 0 Å². The number of hydrogen-bond acceptors (Lipinski definition) is 5. The van der Waals surface area contributed by atoms with Crippen molar-refractivity contribution in [3.63, 3.8) is 0 Å². The highest BCUT2D eigenvalue weighted by Crippen LogP contribution is 1.98. The minimum atomic E-state index is -0.299. The van der Waals surface area contributed by atoms with E-state index in [4.69, 9.17) is 0 Å². The van der Waals surface area contributed by atoms with Gasteiger partial charge in [-0.15, -0.1) is 5.10 Å². The highest BCUT2D eigenvalue weighted by molar-refractivity contribution is 5.76. The molecule has 1 N–H and O–H groups in total. The number of carbonyl (C=O) groups is 2. The second-order valence-electron chi connectivity index (χ2n) is 3.59. The molecule has 0 atom stereocenters. The van der Waals surface area contributed by atoms with Gasteiger partial charge in [0.25, 0.3) is 0 Å². The number of nitrogens with one attached hydrogen (secondary N) is 1. The second-order valence-corrected chi connectivity index (χ2v) is 3.59. The number of ether oxygens (including phenoxy) is 1. The van der Waals surface area contributed by atoms with E-state index in [2.05, 4.69) is 20.4 Å². The van der Waals surface area contributed by atoms with Gasteiger partial charge in [0, 0.05) is 26.1 Å². The van der Waals surface area contributed by atoms with E-state index in [0.29, 0.717) is 25.1 Å². The first-order valence-electron chi connectivity index (χ1n) is 5.30. The molecule has 7 nitrogen and oxygen atoms in total. The van der Waals surface area contributed by atoms with Crippen LogP contribution in [-0.2, 0) is 27.9 Å². The minimum Gasteiger partial charge on any atom is -0.469 e. The molecular weight excluding hydrogens is 224 g/mol. The topological polar surface area (TPSA) is 86.1 Å². The smallest absolute Gasteiger partial charge is 0.305 e. The normalized spacial score (nSPS) is 10.0. The average Bonchev–Trinajstić information content (AvgIpc) is 2.72. The van der Waals surface area contributed by atoms with Gasteiger partial charge >= 0.3 is 5.97 Å². The summed E-state index contributed by atoms with van der Waals surface area (Å²) < 4.78 is 6.04. The Bertz CT molecular complexity index is 389. The van der Waals surface area contributed by atoms with Crippen LogP contribution in [0, 0.1) is 0 Å². The SMILES string of the molecule is COC(=O)CCCC(=O)NCc1cn(C)nn1. The zero-order chi connectivity index (χ0) is 12.7. The first-order chi connectivity index (χ1) is 8.11. The molecule has 94 valence electrons. The Morgan fingerprint density at radius 3 is 2.82 bits per heavy atom. The van der Waals surface area contributed by atoms with Crippen molar-refractivity contribution in [1.29, 1.82) is 0 Å². The van der Waals surface area contributed by atoms with Crippen LogP contribution >= 0.6 is 0 Å². The van der Waals surface area contributed by atoms with Gasteiger partial charge in [-0.2, -0.15) is 0 Å². The molecule has 0 saturated heterocycles. The van der Waals surface area contributed by atoms with E-state index in [1.165, 1.54) is 7.11 Å². The molecule has 0 aliphatic rings. The van der Waals surface area contributed by atoms with Crippen LogP contribution in [-0.4, -0.2) is 34.0 Å². The number of carbonyl (C=O) groups excluding carboxylic acids is 2. The number of methoxy groups -OCH3 is 1. The fraction of sp³-hybridized carbons (Fsp3) is 0.600. The molecule has 0 unspecified atom stereocenters. The number of hydrogen-bond donors (Lipinski definition) is 1. The number of rotatable bonds is 6. The molecule has 1 rings (SSSR count). The van der Waals surface area contributed by atoms with Crippen molar-refractivity contribution < 1.29 is 14.3 Å². The molecule has 0 spiro atoms. The third-order valence-electron chi connectivity index (χ3n) is 2.13. The molecule has 1 aromatic heterocycles. The van der Waals surface area contributed by atoms with E-state index in [1.807, 2.05) is 0 Å². The fourth-order valence-electron chi connectivity index (χ4n) is 1.25. The molecule has 1 heterocycles. The molecule has 0 aliphatic carbocycles. The van der Waals surface area contributed by atoms with Crippen molar-refractivity contribution in [3.8, 4) is 0 Å². The number of amides is 1. The van der Waals surface area contributed by atoms with E-state index < -0.39 is 0 Å². The maximum absolute atomic E-state index is 11.4. The van der Waals surface area contributed by atoms with Crippen molar-refractivity contribution >= 4 is 11.9 Å². The zero-order valence-electron chi connectivity index (χ0n) is 9.97. The molecule has 0 bridgehead atoms. The third-order valence-corrected chi connectivity index (χ3v) is 2.13. The summed E-state index contributed by atoms with van der Waals surface area (Å²) >= 11 is 0. The first kappa shape index (κ1) is 13.1. The van der Waals surface area contributed by atoms with Gasteiger partial charge in [-0.1, -0.05) is 5.21 Å². The van der Waals surface area contributed by atoms with Crippen LogP contribution in [0.25, 0.3) is 0 Å². The van der Waals surface area contributed by atoms with Crippen LogP contribution in [0.2, 0.25) is 0 Å². The van der Waals surface area contributed by atoms with Crippen LogP contribution in [0.1, 0.15) is 25.0 Å². The van der Waals surface area contributed by atoms with Gasteiger partial charge in [-0.3, -0.25) is 14.3 Å². The lowest BCUT2D eigenvalue weighted by Crippen LogP contribution is -2.22. The Morgan fingerprint density at radius 1 is 1.47 bits per heavy atom. The highest BCUT2D eigenvalue weighted by atomic mass is 16.5. The largest absolute Gasteiger partial charge is 0.469 e. The van der Waals surface area contributed by atoms with Crippen molar-refractivity contribution in [3.05, 3.63) is 11.9 Å². The maximum atomic E-state index is 11.4. The standard InChI is InChI=1S/C10H16N4O3/c1-14-7-8(12-13-14)6-11-9(15)4-3-5-10(16)17-2/h7H,3-6H2,1-2H3,(H,11,15). The molecule has 7 heteroatoms. The molecule has 0 aromatic carbocycles. The summed E-state index contributed by atoms with van der Waals surface area (Å²) in [5, 5.41) is 10.3. The van der Waals surface area contributed by atoms with Crippen LogP contribution in [0.15, 0.2) is 6.20 Å². The summed E-state index contributed by atoms with van der Waals surface area (Å²) in [6, 6.07) is 0. The van der Waals surface area contributed by atoms with Crippen molar-refractivity contribution in [2.45, 2.75) is 25.8 Å². The van der Waals surface area contributed by atoms with Crippen molar-refractivity contribution in [2.75, 3.05) is 7.11 Å². The molecule has 1 amide bonds. The van der Waals surface area contributed by atoms with Gasteiger partial charge < -0.3 is 10.1 Å². The molecule has 17 heavy (non-hydrogen) atoms. The van der Waals surface area contributed by atoms with Crippen molar-refractivity contribution in [2.24, 2.45) is 7.05 Å². The van der Waals surface area contributed by atoms with Crippen LogP contribution in [0.3, 0.4) is 0 Å². The zero-order valence-corrected chi connectivity index (χ0v) is 9.97. The molecule has 0 radical (unpaired) electrons. The van der Waals surface area contributed by atoms with Gasteiger partial charge in [-0.25, -0.2) is 0 Å². The van der Waals surface area contributed by atoms with Gasteiger partial charge in [0.05, 0.1) is 13.7 Å². The van der Waals surface area contributed by atoms with E-state index in [-0.39, 0.29) is 18.3 Å².